The summed E-state index contributed by atoms with van der Waals surface area (Å²) in [5, 5.41) is 0. The minimum Gasteiger partial charge on any atom is -0.461 e. The number of aromatic nitrogens is 2. The summed E-state index contributed by atoms with van der Waals surface area (Å²) in [4.78, 5) is 4.34. The average molecular weight is 1160 g/mol. The third-order valence-corrected chi connectivity index (χ3v) is 12.4. The van der Waals surface area contributed by atoms with E-state index in [2.05, 4.69) is 58.1 Å². The number of fused-ring (bicyclic) bond motifs is 1. The Balaban J connectivity index is 0.000000329. The van der Waals surface area contributed by atoms with Crippen LogP contribution in [0.1, 0.15) is 67.3 Å². The molecule has 0 saturated carbocycles. The molecule has 8 rings (SSSR count). The maximum Gasteiger partial charge on any atom is 0.416 e. The molecule has 0 amide bonds. The maximum atomic E-state index is 14.2. The van der Waals surface area contributed by atoms with Crippen molar-refractivity contribution in [2.24, 2.45) is 0 Å². The van der Waals surface area contributed by atoms with Gasteiger partial charge in [-0.25, -0.2) is 4.98 Å². The smallest absolute Gasteiger partial charge is 0.416 e. The third kappa shape index (κ3) is 13.5. The van der Waals surface area contributed by atoms with Gasteiger partial charge in [-0.2, -0.15) is 132 Å². The van der Waals surface area contributed by atoms with Crippen LogP contribution in [0.3, 0.4) is 0 Å². The van der Waals surface area contributed by atoms with Gasteiger partial charge in [0.2, 0.25) is 6.20 Å². The summed E-state index contributed by atoms with van der Waals surface area (Å²) in [6.07, 6.45) is -45.0. The largest absolute Gasteiger partial charge is 0.461 e. The van der Waals surface area contributed by atoms with Gasteiger partial charge in [0.1, 0.15) is 12.2 Å². The number of rotatable bonds is 8. The molecule has 0 N–H and O–H groups in total. The van der Waals surface area contributed by atoms with Crippen molar-refractivity contribution < 1.29 is 115 Å². The van der Waals surface area contributed by atoms with Crippen LogP contribution < -0.4 is 31.2 Å². The highest BCUT2D eigenvalue weighted by molar-refractivity contribution is 7.20. The van der Waals surface area contributed by atoms with Crippen molar-refractivity contribution in [3.63, 3.8) is 0 Å². The molecule has 3 nitrogen and oxygen atoms in total. The summed E-state index contributed by atoms with van der Waals surface area (Å²) in [6, 6.07) is 9.83. The standard InChI is InChI=1S/C32H12BF24.C20H17N2O/c34-25(35,36)13-1-14(26(37,38)39)6-21(5-13)33(22-7-15(27(40,41)42)2-16(8-22)28(43,44)45,23-9-17(29(46,47)48)3-18(10-23)30(49,50)51)24-11-19(31(52,53)54)4-20(12-24)32(55,56)57;1-2-6-16(7-3-1)14-22-13-12-21-20(15-22)23-19-11-10-17-8-4-5-9-18(17)19/h1-12H;1-13,15,19H,14H2/q-1;+1. The molecular formula is C52H29BF24N2O. The second-order valence-electron chi connectivity index (χ2n) is 17.8. The number of alkyl halides is 24. The van der Waals surface area contributed by atoms with Gasteiger partial charge < -0.3 is 4.74 Å². The molecule has 0 radical (unpaired) electrons. The topological polar surface area (TPSA) is 26.0 Å². The molecule has 0 bridgehead atoms. The first-order valence-corrected chi connectivity index (χ1v) is 22.3. The van der Waals surface area contributed by atoms with E-state index in [1.165, 1.54) is 16.7 Å². The van der Waals surface area contributed by atoms with Crippen LogP contribution in [-0.4, -0.2) is 11.1 Å². The molecule has 0 aliphatic heterocycles. The lowest BCUT2D eigenvalue weighted by molar-refractivity contribution is -0.689. The normalized spacial score (nSPS) is 14.6. The van der Waals surface area contributed by atoms with Gasteiger partial charge in [-0.1, -0.05) is 109 Å². The Morgan fingerprint density at radius 3 is 1.04 bits per heavy atom. The molecule has 0 fully saturated rings. The first-order chi connectivity index (χ1) is 36.6. The van der Waals surface area contributed by atoms with Crippen molar-refractivity contribution in [1.29, 1.82) is 0 Å². The molecule has 0 spiro atoms. The Bertz CT molecular complexity index is 2970. The fourth-order valence-electron chi connectivity index (χ4n) is 8.88. The molecular weight excluding hydrogens is 1140 g/mol. The fourth-order valence-corrected chi connectivity index (χ4v) is 8.88. The molecule has 28 heteroatoms. The molecule has 1 unspecified atom stereocenters. The van der Waals surface area contributed by atoms with Crippen LogP contribution in [-0.2, 0) is 56.0 Å². The van der Waals surface area contributed by atoms with Gasteiger partial charge in [-0.05, 0) is 35.9 Å². The van der Waals surface area contributed by atoms with E-state index in [0.29, 0.717) is 5.88 Å². The maximum absolute atomic E-state index is 14.2. The summed E-state index contributed by atoms with van der Waals surface area (Å²) in [7, 11) is 0. The Morgan fingerprint density at radius 1 is 0.400 bits per heavy atom. The van der Waals surface area contributed by atoms with Gasteiger partial charge >= 0.3 is 49.4 Å². The SMILES string of the molecule is C1=CC(Oc2c[n+](Cc3ccccc3)ccn2)c2ccccc21.FC(F)(F)c1cc([B-](c2cc(C(F)(F)F)cc(C(F)(F)F)c2)(c2cc(C(F)(F)F)cc(C(F)(F)F)c2)c2cc(C(F)(F)F)cc(C(F)(F)F)c2)cc(C(F)(F)F)c1. The van der Waals surface area contributed by atoms with Gasteiger partial charge in [0.15, 0.2) is 12.7 Å². The van der Waals surface area contributed by atoms with Crippen LogP contribution in [0.25, 0.3) is 6.08 Å². The lowest BCUT2D eigenvalue weighted by Gasteiger charge is -2.46. The highest BCUT2D eigenvalue weighted by Gasteiger charge is 2.47. The summed E-state index contributed by atoms with van der Waals surface area (Å²) < 4.78 is 349. The first-order valence-electron chi connectivity index (χ1n) is 22.3. The fraction of sp³-hybridized carbons (Fsp3) is 0.192. The van der Waals surface area contributed by atoms with Crippen LogP contribution in [0, 0.1) is 0 Å². The number of nitrogens with zero attached hydrogens (tertiary/aromatic N) is 2. The van der Waals surface area contributed by atoms with Crippen LogP contribution in [0.4, 0.5) is 105 Å². The zero-order valence-electron chi connectivity index (χ0n) is 39.2. The lowest BCUT2D eigenvalue weighted by atomic mass is 9.12. The Hall–Kier alpha value is -7.68. The van der Waals surface area contributed by atoms with Gasteiger partial charge in [0.05, 0.1) is 50.7 Å². The Labute approximate surface area is 434 Å². The van der Waals surface area contributed by atoms with Crippen molar-refractivity contribution >= 4 is 34.1 Å². The van der Waals surface area contributed by atoms with Gasteiger partial charge in [-0.15, -0.1) is 0 Å². The molecule has 1 aliphatic carbocycles. The van der Waals surface area contributed by atoms with E-state index in [1.807, 2.05) is 30.6 Å². The predicted molar refractivity (Wildman–Crippen MR) is 239 cm³/mol. The number of hydrogen-bond acceptors (Lipinski definition) is 2. The molecule has 424 valence electrons. The molecule has 80 heavy (non-hydrogen) atoms. The monoisotopic (exact) mass is 1160 g/mol. The summed E-state index contributed by atoms with van der Waals surface area (Å²) in [5.41, 5.74) is -26.6. The highest BCUT2D eigenvalue weighted by Crippen LogP contribution is 2.42. The van der Waals surface area contributed by atoms with Crippen molar-refractivity contribution in [1.82, 2.24) is 4.98 Å². The van der Waals surface area contributed by atoms with Gasteiger partial charge in [-0.3, -0.25) is 0 Å². The number of hydrogen-bond donors (Lipinski definition) is 0. The predicted octanol–water partition coefficient (Wildman–Crippen LogP) is 14.8. The molecule has 1 heterocycles. The van der Waals surface area contributed by atoms with E-state index in [9.17, 15) is 105 Å². The molecule has 6 aromatic carbocycles. The van der Waals surface area contributed by atoms with Crippen LogP contribution in [0.5, 0.6) is 5.88 Å². The first kappa shape index (κ1) is 60.0. The molecule has 0 saturated heterocycles. The van der Waals surface area contributed by atoms with E-state index in [0.717, 1.165) is 6.54 Å². The van der Waals surface area contributed by atoms with Crippen molar-refractivity contribution in [3.05, 3.63) is 213 Å². The van der Waals surface area contributed by atoms with E-state index >= 15 is 0 Å². The van der Waals surface area contributed by atoms with Crippen molar-refractivity contribution in [3.8, 4) is 5.88 Å². The van der Waals surface area contributed by atoms with E-state index in [1.54, 1.807) is 6.20 Å². The van der Waals surface area contributed by atoms with Crippen LogP contribution in [0.15, 0.2) is 152 Å². The number of halogens is 24. The average Bonchev–Trinajstić information content (AvgIpc) is 3.88. The second-order valence-corrected chi connectivity index (χ2v) is 17.8. The Kier molecular flexibility index (Phi) is 15.8. The summed E-state index contributed by atoms with van der Waals surface area (Å²) in [6.45, 7) is 0.802. The van der Waals surface area contributed by atoms with Crippen molar-refractivity contribution in [2.45, 2.75) is 62.1 Å². The zero-order chi connectivity index (χ0) is 59.4. The molecule has 1 aromatic heterocycles. The van der Waals surface area contributed by atoms with Crippen LogP contribution >= 0.6 is 0 Å². The van der Waals surface area contributed by atoms with Crippen LogP contribution in [0.2, 0.25) is 0 Å². The minimum atomic E-state index is -6.13. The van der Waals surface area contributed by atoms with Gasteiger partial charge in [0.25, 0.3) is 5.88 Å². The molecule has 1 aliphatic rings. The summed E-state index contributed by atoms with van der Waals surface area (Å²) >= 11 is 0. The number of ether oxygens (including phenoxy) is 1. The molecule has 7 aromatic rings. The minimum absolute atomic E-state index is 0.0636. The third-order valence-electron chi connectivity index (χ3n) is 12.4. The summed E-state index contributed by atoms with van der Waals surface area (Å²) in [5.74, 6) is 0.634. The zero-order valence-corrected chi connectivity index (χ0v) is 39.2. The highest BCUT2D eigenvalue weighted by atomic mass is 19.4. The van der Waals surface area contributed by atoms with E-state index in [-0.39, 0.29) is 6.10 Å². The molecule has 1 atom stereocenters. The van der Waals surface area contributed by atoms with Gasteiger partial charge in [0, 0.05) is 11.1 Å². The lowest BCUT2D eigenvalue weighted by Crippen LogP contribution is -2.75. The quantitative estimate of drug-likeness (QED) is 0.0861. The van der Waals surface area contributed by atoms with E-state index < -0.39 is 195 Å². The second kappa shape index (κ2) is 21.1. The van der Waals surface area contributed by atoms with Crippen molar-refractivity contribution in [2.75, 3.05) is 0 Å². The van der Waals surface area contributed by atoms with E-state index in [4.69, 9.17) is 4.74 Å². The number of benzene rings is 6. The Morgan fingerprint density at radius 2 is 0.713 bits per heavy atom.